The average Bonchev–Trinajstić information content (AvgIpc) is 3.00. The molecule has 4 nitrogen and oxygen atoms in total. The minimum absolute atomic E-state index is 0.210. The second-order valence-electron chi connectivity index (χ2n) is 5.39. The number of carbonyl (C=O) groups is 1. The van der Waals surface area contributed by atoms with Gasteiger partial charge < -0.3 is 14.5 Å². The number of carbonyl (C=O) groups excluding carboxylic acids is 1. The first-order chi connectivity index (χ1) is 11.7. The predicted octanol–water partition coefficient (Wildman–Crippen LogP) is 4.49. The minimum Gasteiger partial charge on any atom is -0.490 e. The Hall–Kier alpha value is -2.27. The number of hydrogen-bond donors (Lipinski definition) is 1. The van der Waals surface area contributed by atoms with Gasteiger partial charge in [0, 0.05) is 28.0 Å². The van der Waals surface area contributed by atoms with Crippen molar-refractivity contribution in [2.75, 3.05) is 13.2 Å². The number of H-pyrrole nitrogens is 1. The van der Waals surface area contributed by atoms with Crippen LogP contribution in [0.4, 0.5) is 0 Å². The lowest BCUT2D eigenvalue weighted by Gasteiger charge is -2.07. The lowest BCUT2D eigenvalue weighted by molar-refractivity contribution is -0.144. The quantitative estimate of drug-likeness (QED) is 0.480. The molecule has 0 radical (unpaired) electrons. The highest BCUT2D eigenvalue weighted by Gasteiger charge is 2.07. The van der Waals surface area contributed by atoms with Crippen LogP contribution in [0.15, 0.2) is 59.2 Å². The number of ether oxygens (including phenoxy) is 2. The normalized spacial score (nSPS) is 10.7. The van der Waals surface area contributed by atoms with Gasteiger partial charge in [-0.25, -0.2) is 0 Å². The van der Waals surface area contributed by atoms with Gasteiger partial charge >= 0.3 is 5.97 Å². The maximum absolute atomic E-state index is 11.8. The van der Waals surface area contributed by atoms with Crippen molar-refractivity contribution in [3.8, 4) is 5.75 Å². The Balaban J connectivity index is 1.40. The molecular formula is C19H18BrNO3. The fourth-order valence-corrected chi connectivity index (χ4v) is 2.90. The van der Waals surface area contributed by atoms with E-state index in [4.69, 9.17) is 9.47 Å². The molecule has 3 rings (SSSR count). The maximum Gasteiger partial charge on any atom is 0.306 e. The Morgan fingerprint density at radius 2 is 1.96 bits per heavy atom. The third kappa shape index (κ3) is 4.38. The number of esters is 1. The lowest BCUT2D eigenvalue weighted by Crippen LogP contribution is -2.12. The summed E-state index contributed by atoms with van der Waals surface area (Å²) in [4.78, 5) is 15.1. The molecular weight excluding hydrogens is 370 g/mol. The van der Waals surface area contributed by atoms with Crippen molar-refractivity contribution < 1.29 is 14.3 Å². The summed E-state index contributed by atoms with van der Waals surface area (Å²) in [7, 11) is 0. The van der Waals surface area contributed by atoms with Crippen molar-refractivity contribution >= 4 is 32.8 Å². The van der Waals surface area contributed by atoms with Gasteiger partial charge in [-0.05, 0) is 36.2 Å². The Kier molecular flexibility index (Phi) is 5.54. The first-order valence-electron chi connectivity index (χ1n) is 7.81. The smallest absolute Gasteiger partial charge is 0.306 e. The molecule has 1 heterocycles. The first-order valence-corrected chi connectivity index (χ1v) is 8.60. The van der Waals surface area contributed by atoms with Gasteiger partial charge in [-0.1, -0.05) is 40.2 Å². The number of halogens is 1. The van der Waals surface area contributed by atoms with E-state index in [1.54, 1.807) is 0 Å². The summed E-state index contributed by atoms with van der Waals surface area (Å²) >= 11 is 3.38. The molecule has 0 unspecified atom stereocenters. The summed E-state index contributed by atoms with van der Waals surface area (Å²) in [6.45, 7) is 0.592. The standard InChI is InChI=1S/C19H18BrNO3/c20-15-4-3-5-16(12-15)23-10-11-24-19(22)9-8-14-13-21-18-7-2-1-6-17(14)18/h1-7,12-13,21H,8-11H2. The number of benzene rings is 2. The van der Waals surface area contributed by atoms with Gasteiger partial charge in [-0.15, -0.1) is 0 Å². The van der Waals surface area contributed by atoms with E-state index in [2.05, 4.69) is 27.0 Å². The van der Waals surface area contributed by atoms with E-state index in [0.29, 0.717) is 19.4 Å². The van der Waals surface area contributed by atoms with E-state index in [-0.39, 0.29) is 12.6 Å². The summed E-state index contributed by atoms with van der Waals surface area (Å²) < 4.78 is 11.7. The van der Waals surface area contributed by atoms with Gasteiger partial charge in [0.2, 0.25) is 0 Å². The van der Waals surface area contributed by atoms with Crippen LogP contribution >= 0.6 is 15.9 Å². The number of para-hydroxylation sites is 1. The van der Waals surface area contributed by atoms with Crippen molar-refractivity contribution in [2.24, 2.45) is 0 Å². The van der Waals surface area contributed by atoms with Gasteiger partial charge in [0.25, 0.3) is 0 Å². The minimum atomic E-state index is -0.210. The number of aromatic amines is 1. The molecule has 0 saturated heterocycles. The van der Waals surface area contributed by atoms with Gasteiger partial charge in [0.15, 0.2) is 0 Å². The third-order valence-electron chi connectivity index (χ3n) is 3.68. The lowest BCUT2D eigenvalue weighted by atomic mass is 10.1. The third-order valence-corrected chi connectivity index (χ3v) is 4.18. The molecule has 1 aromatic heterocycles. The summed E-state index contributed by atoms with van der Waals surface area (Å²) in [5.41, 5.74) is 2.22. The van der Waals surface area contributed by atoms with Crippen molar-refractivity contribution in [1.29, 1.82) is 0 Å². The summed E-state index contributed by atoms with van der Waals surface area (Å²) in [6.07, 6.45) is 2.97. The monoisotopic (exact) mass is 387 g/mol. The number of aromatic nitrogens is 1. The highest BCUT2D eigenvalue weighted by molar-refractivity contribution is 9.10. The predicted molar refractivity (Wildman–Crippen MR) is 97.2 cm³/mol. The Morgan fingerprint density at radius 1 is 1.08 bits per heavy atom. The number of rotatable bonds is 7. The molecule has 0 aliphatic carbocycles. The fourth-order valence-electron chi connectivity index (χ4n) is 2.52. The summed E-state index contributed by atoms with van der Waals surface area (Å²) in [5.74, 6) is 0.539. The van der Waals surface area contributed by atoms with E-state index in [9.17, 15) is 4.79 Å². The number of nitrogens with one attached hydrogen (secondary N) is 1. The van der Waals surface area contributed by atoms with Crippen molar-refractivity contribution in [1.82, 2.24) is 4.98 Å². The maximum atomic E-state index is 11.8. The van der Waals surface area contributed by atoms with Crippen LogP contribution in [0.1, 0.15) is 12.0 Å². The zero-order valence-electron chi connectivity index (χ0n) is 13.1. The molecule has 0 bridgehead atoms. The zero-order chi connectivity index (χ0) is 16.8. The second-order valence-corrected chi connectivity index (χ2v) is 6.30. The molecule has 0 atom stereocenters. The largest absolute Gasteiger partial charge is 0.490 e. The SMILES string of the molecule is O=C(CCc1c[nH]c2ccccc12)OCCOc1cccc(Br)c1. The molecule has 24 heavy (non-hydrogen) atoms. The molecule has 0 aliphatic heterocycles. The second kappa shape index (κ2) is 8.02. The van der Waals surface area contributed by atoms with Crippen LogP contribution in [0.25, 0.3) is 10.9 Å². The van der Waals surface area contributed by atoms with Crippen LogP contribution in [0.5, 0.6) is 5.75 Å². The number of fused-ring (bicyclic) bond motifs is 1. The fraction of sp³-hybridized carbons (Fsp3) is 0.211. The Morgan fingerprint density at radius 3 is 2.83 bits per heavy atom. The van der Waals surface area contributed by atoms with Gasteiger partial charge in [0.05, 0.1) is 0 Å². The summed E-state index contributed by atoms with van der Waals surface area (Å²) in [5, 5.41) is 1.16. The number of aryl methyl sites for hydroxylation is 1. The van der Waals surface area contributed by atoms with Gasteiger partial charge in [0.1, 0.15) is 19.0 Å². The van der Waals surface area contributed by atoms with Crippen molar-refractivity contribution in [2.45, 2.75) is 12.8 Å². The molecule has 5 heteroatoms. The highest BCUT2D eigenvalue weighted by atomic mass is 79.9. The average molecular weight is 388 g/mol. The van der Waals surface area contributed by atoms with Gasteiger partial charge in [-0.2, -0.15) is 0 Å². The molecule has 0 amide bonds. The molecule has 124 valence electrons. The van der Waals surface area contributed by atoms with Crippen LogP contribution in [0, 0.1) is 0 Å². The zero-order valence-corrected chi connectivity index (χ0v) is 14.7. The molecule has 3 aromatic rings. The molecule has 0 spiro atoms. The molecule has 2 aromatic carbocycles. The van der Waals surface area contributed by atoms with Crippen molar-refractivity contribution in [3.05, 3.63) is 64.8 Å². The van der Waals surface area contributed by atoms with Crippen LogP contribution in [-0.4, -0.2) is 24.2 Å². The summed E-state index contributed by atoms with van der Waals surface area (Å²) in [6, 6.07) is 15.6. The Bertz CT molecular complexity index is 828. The number of hydrogen-bond acceptors (Lipinski definition) is 3. The molecule has 1 N–H and O–H groups in total. The molecule has 0 fully saturated rings. The van der Waals surface area contributed by atoms with Crippen molar-refractivity contribution in [3.63, 3.8) is 0 Å². The van der Waals surface area contributed by atoms with E-state index in [0.717, 1.165) is 26.7 Å². The van der Waals surface area contributed by atoms with E-state index >= 15 is 0 Å². The van der Waals surface area contributed by atoms with Crippen LogP contribution in [-0.2, 0) is 16.0 Å². The van der Waals surface area contributed by atoms with E-state index < -0.39 is 0 Å². The van der Waals surface area contributed by atoms with Crippen LogP contribution in [0.2, 0.25) is 0 Å². The highest BCUT2D eigenvalue weighted by Crippen LogP contribution is 2.19. The molecule has 0 saturated carbocycles. The molecule has 0 aliphatic rings. The van der Waals surface area contributed by atoms with Crippen LogP contribution < -0.4 is 4.74 Å². The topological polar surface area (TPSA) is 51.3 Å². The first kappa shape index (κ1) is 16.6. The Labute approximate surface area is 148 Å². The van der Waals surface area contributed by atoms with Gasteiger partial charge in [-0.3, -0.25) is 4.79 Å². The van der Waals surface area contributed by atoms with Crippen LogP contribution in [0.3, 0.4) is 0 Å². The van der Waals surface area contributed by atoms with E-state index in [1.807, 2.05) is 48.7 Å². The van der Waals surface area contributed by atoms with E-state index in [1.165, 1.54) is 0 Å².